The molecule has 372 valence electrons. The number of nitrogens with zero attached hydrogens (tertiary/aromatic N) is 1. The zero-order valence-corrected chi connectivity index (χ0v) is 42.3. The van der Waals surface area contributed by atoms with Crippen molar-refractivity contribution in [1.82, 2.24) is 0 Å². The number of quaternary nitrogens is 1. The SMILES string of the molecule is CC/C=C/C/C=C/C/C=C/C/C=C/C/C=C/C/C=C/CCCCCCC(=O)OC(COCCC(C(=O)O)[N+](C)(C)C)COC(=O)CCCCCCCC/C=C/C/C=C/C/C=C/C/C=C/CC. The normalized spacial score (nSPS) is 13.9. The van der Waals surface area contributed by atoms with Crippen molar-refractivity contribution in [3.8, 4) is 0 Å². The van der Waals surface area contributed by atoms with Crippen molar-refractivity contribution < 1.29 is 38.2 Å². The molecule has 2 unspecified atom stereocenters. The maximum Gasteiger partial charge on any atom is 0.362 e. The predicted molar refractivity (Wildman–Crippen MR) is 279 cm³/mol. The van der Waals surface area contributed by atoms with Crippen LogP contribution in [0.2, 0.25) is 0 Å². The fourth-order valence-electron chi connectivity index (χ4n) is 6.73. The van der Waals surface area contributed by atoms with Crippen LogP contribution in [-0.2, 0) is 28.6 Å². The lowest BCUT2D eigenvalue weighted by Gasteiger charge is -2.31. The molecule has 0 aliphatic rings. The van der Waals surface area contributed by atoms with Crippen molar-refractivity contribution in [2.24, 2.45) is 0 Å². The molecule has 66 heavy (non-hydrogen) atoms. The Balaban J connectivity index is 4.37. The van der Waals surface area contributed by atoms with E-state index in [-0.39, 0.29) is 42.7 Å². The second-order valence-corrected chi connectivity index (χ2v) is 17.7. The van der Waals surface area contributed by atoms with Gasteiger partial charge < -0.3 is 23.8 Å². The maximum atomic E-state index is 12.8. The Bertz CT molecular complexity index is 1490. The molecule has 0 aromatic carbocycles. The summed E-state index contributed by atoms with van der Waals surface area (Å²) in [6.45, 7) is 4.45. The minimum Gasteiger partial charge on any atom is -0.477 e. The highest BCUT2D eigenvalue weighted by Crippen LogP contribution is 2.13. The fourth-order valence-corrected chi connectivity index (χ4v) is 6.73. The molecule has 0 rings (SSSR count). The topological polar surface area (TPSA) is 99.1 Å². The Kier molecular flexibility index (Phi) is 44.2. The molecular formula is C58H94NO7+. The summed E-state index contributed by atoms with van der Waals surface area (Å²) in [7, 11) is 5.51. The van der Waals surface area contributed by atoms with E-state index in [2.05, 4.69) is 135 Å². The van der Waals surface area contributed by atoms with E-state index in [0.29, 0.717) is 12.8 Å². The molecule has 0 saturated heterocycles. The number of aliphatic carboxylic acids is 1. The second kappa shape index (κ2) is 47.2. The van der Waals surface area contributed by atoms with Gasteiger partial charge in [-0.3, -0.25) is 9.59 Å². The number of ether oxygens (including phenoxy) is 3. The summed E-state index contributed by atoms with van der Waals surface area (Å²) < 4.78 is 17.3. The van der Waals surface area contributed by atoms with Gasteiger partial charge >= 0.3 is 17.9 Å². The summed E-state index contributed by atoms with van der Waals surface area (Å²) in [5.74, 6) is -1.53. The summed E-state index contributed by atoms with van der Waals surface area (Å²) in [4.78, 5) is 37.2. The van der Waals surface area contributed by atoms with Crippen LogP contribution in [-0.4, -0.2) is 80.6 Å². The van der Waals surface area contributed by atoms with Gasteiger partial charge in [0.05, 0.1) is 34.4 Å². The van der Waals surface area contributed by atoms with Crippen LogP contribution >= 0.6 is 0 Å². The molecule has 0 bridgehead atoms. The van der Waals surface area contributed by atoms with Gasteiger partial charge in [-0.1, -0.05) is 174 Å². The third kappa shape index (κ3) is 44.9. The standard InChI is InChI=1S/C58H93NO7/c1-6-8-10-12-14-16-18-20-22-24-26-27-28-29-31-33-35-37-39-41-43-45-47-49-57(61)66-54(52-64-51-50-55(58(62)63)59(3,4)5)53-65-56(60)48-46-44-42-40-38-36-34-32-30-25-23-21-19-17-15-13-11-9-7-2/h8-11,14-17,20-23,26-27,29-32,35,37,54-55H,6-7,12-13,18-19,24-25,28,33-34,36,38-53H2,1-5H3/p+1/b10-8+,11-9+,16-14+,17-15+,22-20+,23-21+,27-26+,31-29+,32-30+,37-35+. The summed E-state index contributed by atoms with van der Waals surface area (Å²) >= 11 is 0. The highest BCUT2D eigenvalue weighted by Gasteiger charge is 2.31. The molecule has 0 spiro atoms. The molecule has 2 atom stereocenters. The third-order valence-corrected chi connectivity index (χ3v) is 10.6. The summed E-state index contributed by atoms with van der Waals surface area (Å²) in [5, 5.41) is 9.66. The minimum atomic E-state index is -0.887. The van der Waals surface area contributed by atoms with E-state index in [1.54, 1.807) is 0 Å². The lowest BCUT2D eigenvalue weighted by atomic mass is 10.1. The maximum absolute atomic E-state index is 12.8. The molecule has 0 heterocycles. The molecule has 0 aromatic heterocycles. The molecule has 0 amide bonds. The van der Waals surface area contributed by atoms with Gasteiger partial charge in [-0.25, -0.2) is 4.79 Å². The van der Waals surface area contributed by atoms with Gasteiger partial charge in [-0.05, 0) is 103 Å². The average Bonchev–Trinajstić information content (AvgIpc) is 3.28. The number of rotatable bonds is 44. The molecule has 0 radical (unpaired) electrons. The zero-order valence-electron chi connectivity index (χ0n) is 42.3. The van der Waals surface area contributed by atoms with E-state index < -0.39 is 18.1 Å². The Morgan fingerprint density at radius 1 is 0.455 bits per heavy atom. The van der Waals surface area contributed by atoms with Crippen LogP contribution < -0.4 is 0 Å². The van der Waals surface area contributed by atoms with Gasteiger partial charge in [0.15, 0.2) is 12.1 Å². The van der Waals surface area contributed by atoms with Gasteiger partial charge in [0.1, 0.15) is 6.61 Å². The van der Waals surface area contributed by atoms with Crippen molar-refractivity contribution in [3.63, 3.8) is 0 Å². The number of hydrogen-bond acceptors (Lipinski definition) is 6. The van der Waals surface area contributed by atoms with Crippen LogP contribution in [0.4, 0.5) is 0 Å². The van der Waals surface area contributed by atoms with Gasteiger partial charge in [0.25, 0.3) is 0 Å². The van der Waals surface area contributed by atoms with Crippen LogP contribution in [0.15, 0.2) is 122 Å². The van der Waals surface area contributed by atoms with Crippen molar-refractivity contribution in [1.29, 1.82) is 0 Å². The minimum absolute atomic E-state index is 0.0371. The van der Waals surface area contributed by atoms with Crippen molar-refractivity contribution in [3.05, 3.63) is 122 Å². The second-order valence-electron chi connectivity index (χ2n) is 17.7. The lowest BCUT2D eigenvalue weighted by molar-refractivity contribution is -0.887. The number of hydrogen-bond donors (Lipinski definition) is 1. The Morgan fingerprint density at radius 3 is 1.18 bits per heavy atom. The van der Waals surface area contributed by atoms with Gasteiger partial charge in [-0.2, -0.15) is 0 Å². The third-order valence-electron chi connectivity index (χ3n) is 10.6. The van der Waals surface area contributed by atoms with E-state index in [0.717, 1.165) is 128 Å². The van der Waals surface area contributed by atoms with Crippen molar-refractivity contribution in [2.45, 2.75) is 187 Å². The van der Waals surface area contributed by atoms with E-state index in [1.165, 1.54) is 12.8 Å². The predicted octanol–water partition coefficient (Wildman–Crippen LogP) is 15.0. The molecule has 0 fully saturated rings. The molecule has 0 saturated carbocycles. The van der Waals surface area contributed by atoms with Crippen LogP contribution in [0.5, 0.6) is 0 Å². The Hall–Kier alpha value is -4.27. The lowest BCUT2D eigenvalue weighted by Crippen LogP contribution is -2.50. The van der Waals surface area contributed by atoms with Crippen molar-refractivity contribution in [2.75, 3.05) is 41.0 Å². The monoisotopic (exact) mass is 917 g/mol. The summed E-state index contributed by atoms with van der Waals surface area (Å²) in [5.41, 5.74) is 0. The van der Waals surface area contributed by atoms with Gasteiger partial charge in [0.2, 0.25) is 0 Å². The largest absolute Gasteiger partial charge is 0.477 e. The number of carboxylic acid groups (broad SMARTS) is 1. The Morgan fingerprint density at radius 2 is 0.803 bits per heavy atom. The molecule has 0 aliphatic heterocycles. The average molecular weight is 917 g/mol. The number of carboxylic acids is 1. The number of esters is 2. The molecule has 0 aromatic rings. The van der Waals surface area contributed by atoms with E-state index in [4.69, 9.17) is 14.2 Å². The summed E-state index contributed by atoms with van der Waals surface area (Å²) in [6, 6.07) is -0.631. The first-order valence-corrected chi connectivity index (χ1v) is 25.6. The number of unbranched alkanes of at least 4 members (excludes halogenated alkanes) is 10. The number of allylic oxidation sites excluding steroid dienone is 20. The Labute approximate surface area is 403 Å². The quantitative estimate of drug-likeness (QED) is 0.0281. The van der Waals surface area contributed by atoms with Gasteiger partial charge in [-0.15, -0.1) is 0 Å². The zero-order chi connectivity index (χ0) is 48.4. The van der Waals surface area contributed by atoms with E-state index in [1.807, 2.05) is 21.1 Å². The fraction of sp³-hybridized carbons (Fsp3) is 0.603. The number of carbonyl (C=O) groups excluding carboxylic acids is 2. The first kappa shape index (κ1) is 61.7. The first-order chi connectivity index (χ1) is 32.1. The molecule has 8 heteroatoms. The van der Waals surface area contributed by atoms with Gasteiger partial charge in [0, 0.05) is 19.3 Å². The summed E-state index contributed by atoms with van der Waals surface area (Å²) in [6.07, 6.45) is 66.7. The van der Waals surface area contributed by atoms with Crippen LogP contribution in [0.25, 0.3) is 0 Å². The van der Waals surface area contributed by atoms with E-state index in [9.17, 15) is 19.5 Å². The van der Waals surface area contributed by atoms with Crippen LogP contribution in [0.1, 0.15) is 174 Å². The molecular weight excluding hydrogens is 823 g/mol. The van der Waals surface area contributed by atoms with Crippen LogP contribution in [0.3, 0.4) is 0 Å². The highest BCUT2D eigenvalue weighted by atomic mass is 16.6. The van der Waals surface area contributed by atoms with Crippen LogP contribution in [0, 0.1) is 0 Å². The first-order valence-electron chi connectivity index (χ1n) is 25.6. The van der Waals surface area contributed by atoms with Crippen molar-refractivity contribution >= 4 is 17.9 Å². The smallest absolute Gasteiger partial charge is 0.362 e. The highest BCUT2D eigenvalue weighted by molar-refractivity contribution is 5.72. The number of likely N-dealkylation sites (N-methyl/N-ethyl adjacent to an activating group) is 1. The molecule has 8 nitrogen and oxygen atoms in total. The molecule has 0 aliphatic carbocycles. The van der Waals surface area contributed by atoms with E-state index >= 15 is 0 Å². The molecule has 1 N–H and O–H groups in total. The number of carbonyl (C=O) groups is 3.